The van der Waals surface area contributed by atoms with Crippen LogP contribution in [0.5, 0.6) is 5.88 Å². The monoisotopic (exact) mass is 352 g/mol. The molecular weight excluding hydrogens is 328 g/mol. The van der Waals surface area contributed by atoms with E-state index in [2.05, 4.69) is 39.5 Å². The standard InChI is InChI=1S/C20H24N4O2/c1-26-19-10-9-18(16-21-19)22-20(25)24-14-12-23(13-15-24)11-5-8-17-6-3-2-4-7-17/h2-10,16H,11-15H2,1H3,(H,22,25). The van der Waals surface area contributed by atoms with Crippen molar-refractivity contribution in [3.63, 3.8) is 0 Å². The summed E-state index contributed by atoms with van der Waals surface area (Å²) < 4.78 is 5.02. The summed E-state index contributed by atoms with van der Waals surface area (Å²) in [7, 11) is 1.56. The van der Waals surface area contributed by atoms with E-state index in [9.17, 15) is 4.79 Å². The van der Waals surface area contributed by atoms with Crippen molar-refractivity contribution >= 4 is 17.8 Å². The number of rotatable bonds is 5. The van der Waals surface area contributed by atoms with Crippen LogP contribution in [0.25, 0.3) is 6.08 Å². The lowest BCUT2D eigenvalue weighted by molar-refractivity contribution is 0.156. The Morgan fingerprint density at radius 3 is 2.58 bits per heavy atom. The Bertz CT molecular complexity index is 723. The third-order valence-electron chi connectivity index (χ3n) is 4.33. The molecule has 1 aromatic carbocycles. The van der Waals surface area contributed by atoms with Gasteiger partial charge in [0.25, 0.3) is 0 Å². The molecule has 1 fully saturated rings. The maximum Gasteiger partial charge on any atom is 0.321 e. The Hall–Kier alpha value is -2.86. The fourth-order valence-electron chi connectivity index (χ4n) is 2.81. The van der Waals surface area contributed by atoms with Crippen molar-refractivity contribution in [1.82, 2.24) is 14.8 Å². The second kappa shape index (κ2) is 9.01. The topological polar surface area (TPSA) is 57.7 Å². The minimum atomic E-state index is -0.0866. The van der Waals surface area contributed by atoms with Crippen LogP contribution in [-0.2, 0) is 0 Å². The number of amides is 2. The molecule has 0 unspecified atom stereocenters. The molecular formula is C20H24N4O2. The van der Waals surface area contributed by atoms with Crippen LogP contribution in [-0.4, -0.2) is 60.6 Å². The summed E-state index contributed by atoms with van der Waals surface area (Å²) in [5.74, 6) is 0.528. The number of hydrogen-bond donors (Lipinski definition) is 1. The number of piperazine rings is 1. The molecule has 2 amide bonds. The van der Waals surface area contributed by atoms with Gasteiger partial charge in [0.2, 0.25) is 5.88 Å². The molecule has 1 aromatic heterocycles. The van der Waals surface area contributed by atoms with Crippen molar-refractivity contribution in [1.29, 1.82) is 0 Å². The molecule has 136 valence electrons. The van der Waals surface area contributed by atoms with Crippen LogP contribution in [0.2, 0.25) is 0 Å². The van der Waals surface area contributed by atoms with Crippen molar-refractivity contribution in [2.45, 2.75) is 0 Å². The summed E-state index contributed by atoms with van der Waals surface area (Å²) in [4.78, 5) is 20.6. The summed E-state index contributed by atoms with van der Waals surface area (Å²) in [6.45, 7) is 4.07. The first kappa shape index (κ1) is 17.9. The van der Waals surface area contributed by atoms with Gasteiger partial charge in [-0.2, -0.15) is 0 Å². The lowest BCUT2D eigenvalue weighted by Gasteiger charge is -2.34. The van der Waals surface area contributed by atoms with Crippen LogP contribution < -0.4 is 10.1 Å². The van der Waals surface area contributed by atoms with E-state index in [0.717, 1.165) is 19.6 Å². The molecule has 2 heterocycles. The van der Waals surface area contributed by atoms with Crippen molar-refractivity contribution in [3.05, 3.63) is 60.3 Å². The lowest BCUT2D eigenvalue weighted by Crippen LogP contribution is -2.49. The zero-order chi connectivity index (χ0) is 18.2. The first-order chi connectivity index (χ1) is 12.7. The number of hydrogen-bond acceptors (Lipinski definition) is 4. The minimum absolute atomic E-state index is 0.0866. The van der Waals surface area contributed by atoms with E-state index in [1.165, 1.54) is 5.56 Å². The van der Waals surface area contributed by atoms with Gasteiger partial charge in [-0.1, -0.05) is 42.5 Å². The Morgan fingerprint density at radius 2 is 1.92 bits per heavy atom. The highest BCUT2D eigenvalue weighted by atomic mass is 16.5. The molecule has 0 spiro atoms. The van der Waals surface area contributed by atoms with E-state index in [-0.39, 0.29) is 6.03 Å². The Kier molecular flexibility index (Phi) is 6.22. The molecule has 2 aromatic rings. The van der Waals surface area contributed by atoms with Gasteiger partial charge < -0.3 is 15.0 Å². The minimum Gasteiger partial charge on any atom is -0.481 e. The highest BCUT2D eigenvalue weighted by Crippen LogP contribution is 2.12. The molecule has 1 aliphatic heterocycles. The third-order valence-corrected chi connectivity index (χ3v) is 4.33. The van der Waals surface area contributed by atoms with Gasteiger partial charge in [-0.15, -0.1) is 0 Å². The van der Waals surface area contributed by atoms with Crippen LogP contribution in [0.15, 0.2) is 54.7 Å². The second-order valence-electron chi connectivity index (χ2n) is 6.12. The summed E-state index contributed by atoms with van der Waals surface area (Å²) in [5, 5.41) is 2.88. The van der Waals surface area contributed by atoms with Crippen molar-refractivity contribution in [3.8, 4) is 5.88 Å². The van der Waals surface area contributed by atoms with Crippen molar-refractivity contribution in [2.24, 2.45) is 0 Å². The van der Waals surface area contributed by atoms with Crippen LogP contribution in [0.1, 0.15) is 5.56 Å². The zero-order valence-corrected chi connectivity index (χ0v) is 15.0. The van der Waals surface area contributed by atoms with Crippen molar-refractivity contribution in [2.75, 3.05) is 45.2 Å². The van der Waals surface area contributed by atoms with Gasteiger partial charge in [0.1, 0.15) is 0 Å². The SMILES string of the molecule is COc1ccc(NC(=O)N2CCN(CC=Cc3ccccc3)CC2)cn1. The highest BCUT2D eigenvalue weighted by Gasteiger charge is 2.20. The van der Waals surface area contributed by atoms with E-state index >= 15 is 0 Å². The van der Waals surface area contributed by atoms with Gasteiger partial charge in [-0.05, 0) is 11.6 Å². The predicted octanol–water partition coefficient (Wildman–Crippen LogP) is 2.95. The van der Waals surface area contributed by atoms with E-state index < -0.39 is 0 Å². The molecule has 1 saturated heterocycles. The smallest absolute Gasteiger partial charge is 0.321 e. The molecule has 0 aliphatic carbocycles. The van der Waals surface area contributed by atoms with E-state index in [1.807, 2.05) is 23.1 Å². The van der Waals surface area contributed by atoms with Gasteiger partial charge in [0.05, 0.1) is 19.0 Å². The van der Waals surface area contributed by atoms with Gasteiger partial charge in [-0.25, -0.2) is 9.78 Å². The first-order valence-electron chi connectivity index (χ1n) is 8.74. The summed E-state index contributed by atoms with van der Waals surface area (Å²) in [5.41, 5.74) is 1.88. The average Bonchev–Trinajstić information content (AvgIpc) is 2.70. The molecule has 0 atom stereocenters. The molecule has 1 aliphatic rings. The molecule has 6 nitrogen and oxygen atoms in total. The number of benzene rings is 1. The van der Waals surface area contributed by atoms with Gasteiger partial charge >= 0.3 is 6.03 Å². The predicted molar refractivity (Wildman–Crippen MR) is 103 cm³/mol. The average molecular weight is 352 g/mol. The number of urea groups is 1. The number of carbonyl (C=O) groups is 1. The number of pyridine rings is 1. The second-order valence-corrected chi connectivity index (χ2v) is 6.12. The molecule has 1 N–H and O–H groups in total. The van der Waals surface area contributed by atoms with Gasteiger partial charge in [0, 0.05) is 38.8 Å². The summed E-state index contributed by atoms with van der Waals surface area (Å²) in [6, 6.07) is 13.7. The van der Waals surface area contributed by atoms with Gasteiger partial charge in [0.15, 0.2) is 0 Å². The highest BCUT2D eigenvalue weighted by molar-refractivity contribution is 5.89. The number of nitrogens with one attached hydrogen (secondary N) is 1. The van der Waals surface area contributed by atoms with Crippen LogP contribution >= 0.6 is 0 Å². The number of ether oxygens (including phenoxy) is 1. The zero-order valence-electron chi connectivity index (χ0n) is 15.0. The largest absolute Gasteiger partial charge is 0.481 e. The quantitative estimate of drug-likeness (QED) is 0.899. The van der Waals surface area contributed by atoms with E-state index in [0.29, 0.717) is 24.7 Å². The van der Waals surface area contributed by atoms with Crippen LogP contribution in [0.4, 0.5) is 10.5 Å². The molecule has 3 rings (SSSR count). The maximum atomic E-state index is 12.4. The first-order valence-corrected chi connectivity index (χ1v) is 8.74. The van der Waals surface area contributed by atoms with Crippen LogP contribution in [0, 0.1) is 0 Å². The molecule has 0 radical (unpaired) electrons. The lowest BCUT2D eigenvalue weighted by atomic mass is 10.2. The van der Waals surface area contributed by atoms with Gasteiger partial charge in [-0.3, -0.25) is 4.90 Å². The number of anilines is 1. The normalized spacial score (nSPS) is 15.2. The molecule has 0 bridgehead atoms. The number of methoxy groups -OCH3 is 1. The van der Waals surface area contributed by atoms with E-state index in [1.54, 1.807) is 25.4 Å². The third kappa shape index (κ3) is 5.07. The van der Waals surface area contributed by atoms with Crippen LogP contribution in [0.3, 0.4) is 0 Å². The summed E-state index contributed by atoms with van der Waals surface area (Å²) >= 11 is 0. The maximum absolute atomic E-state index is 12.4. The fraction of sp³-hybridized carbons (Fsp3) is 0.300. The Labute approximate surface area is 154 Å². The molecule has 0 saturated carbocycles. The number of aromatic nitrogens is 1. The van der Waals surface area contributed by atoms with E-state index in [4.69, 9.17) is 4.74 Å². The Balaban J connectivity index is 1.42. The number of carbonyl (C=O) groups excluding carboxylic acids is 1. The fourth-order valence-corrected chi connectivity index (χ4v) is 2.81. The molecule has 6 heteroatoms. The Morgan fingerprint density at radius 1 is 1.15 bits per heavy atom. The summed E-state index contributed by atoms with van der Waals surface area (Å²) in [6.07, 6.45) is 5.91. The van der Waals surface area contributed by atoms with Crippen molar-refractivity contribution < 1.29 is 9.53 Å². The molecule has 26 heavy (non-hydrogen) atoms. The number of nitrogens with zero attached hydrogens (tertiary/aromatic N) is 3.